The zero-order valence-electron chi connectivity index (χ0n) is 14.7. The molecule has 1 aromatic carbocycles. The Morgan fingerprint density at radius 3 is 2.88 bits per heavy atom. The first-order valence-electron chi connectivity index (χ1n) is 9.15. The number of rotatable bonds is 7. The number of hydrogen-bond donors (Lipinski definition) is 3. The Kier molecular flexibility index (Phi) is 6.26. The molecule has 0 fully saturated rings. The van der Waals surface area contributed by atoms with E-state index in [4.69, 9.17) is 5.73 Å². The van der Waals surface area contributed by atoms with Crippen LogP contribution >= 0.6 is 0 Å². The standard InChI is InChI=1S/C20H27N5/c21-20(24-15-6-5-14-23-19-12-3-4-13-22-19)25-18-11-7-9-16-8-1-2-10-17(16)18/h3-4,7,9,11-13H,1-2,5-6,8,10,14-15H2,(H,22,23)(H3,21,24,25). The van der Waals surface area contributed by atoms with E-state index in [0.717, 1.165) is 43.9 Å². The summed E-state index contributed by atoms with van der Waals surface area (Å²) in [5, 5.41) is 6.59. The minimum absolute atomic E-state index is 0.511. The van der Waals surface area contributed by atoms with Gasteiger partial charge in [-0.15, -0.1) is 0 Å². The Morgan fingerprint density at radius 1 is 1.08 bits per heavy atom. The van der Waals surface area contributed by atoms with Crippen molar-refractivity contribution in [2.75, 3.05) is 23.7 Å². The van der Waals surface area contributed by atoms with Gasteiger partial charge in [-0.3, -0.25) is 4.99 Å². The zero-order valence-corrected chi connectivity index (χ0v) is 14.7. The number of unbranched alkanes of at least 4 members (excludes halogenated alkanes) is 1. The van der Waals surface area contributed by atoms with Crippen molar-refractivity contribution >= 4 is 17.5 Å². The first kappa shape index (κ1) is 17.3. The van der Waals surface area contributed by atoms with Crippen LogP contribution in [0.1, 0.15) is 36.8 Å². The summed E-state index contributed by atoms with van der Waals surface area (Å²) in [7, 11) is 0. The summed E-state index contributed by atoms with van der Waals surface area (Å²) >= 11 is 0. The van der Waals surface area contributed by atoms with Crippen molar-refractivity contribution in [2.45, 2.75) is 38.5 Å². The third-order valence-corrected chi connectivity index (χ3v) is 4.50. The van der Waals surface area contributed by atoms with Gasteiger partial charge in [0, 0.05) is 25.0 Å². The molecule has 25 heavy (non-hydrogen) atoms. The van der Waals surface area contributed by atoms with Gasteiger partial charge in [0.1, 0.15) is 5.82 Å². The lowest BCUT2D eigenvalue weighted by atomic mass is 9.90. The monoisotopic (exact) mass is 337 g/mol. The molecule has 0 radical (unpaired) electrons. The number of aromatic nitrogens is 1. The van der Waals surface area contributed by atoms with E-state index in [-0.39, 0.29) is 0 Å². The molecule has 2 aromatic rings. The molecule has 5 nitrogen and oxygen atoms in total. The fourth-order valence-corrected chi connectivity index (χ4v) is 3.20. The number of nitrogens with zero attached hydrogens (tertiary/aromatic N) is 2. The predicted molar refractivity (Wildman–Crippen MR) is 105 cm³/mol. The van der Waals surface area contributed by atoms with Gasteiger partial charge in [0.05, 0.1) is 0 Å². The summed E-state index contributed by atoms with van der Waals surface area (Å²) in [6.45, 7) is 1.63. The third-order valence-electron chi connectivity index (χ3n) is 4.50. The van der Waals surface area contributed by atoms with E-state index in [1.54, 1.807) is 6.20 Å². The SMILES string of the molecule is NC(=NCCCCNc1ccccn1)Nc1cccc2c1CCCC2. The van der Waals surface area contributed by atoms with Crippen LogP contribution in [-0.4, -0.2) is 24.0 Å². The van der Waals surface area contributed by atoms with Gasteiger partial charge in [-0.25, -0.2) is 4.98 Å². The second-order valence-electron chi connectivity index (χ2n) is 6.39. The first-order valence-corrected chi connectivity index (χ1v) is 9.15. The van der Waals surface area contributed by atoms with Crippen LogP contribution in [0.25, 0.3) is 0 Å². The lowest BCUT2D eigenvalue weighted by Crippen LogP contribution is -2.24. The maximum Gasteiger partial charge on any atom is 0.193 e. The van der Waals surface area contributed by atoms with Crippen molar-refractivity contribution in [1.29, 1.82) is 0 Å². The summed E-state index contributed by atoms with van der Waals surface area (Å²) in [6, 6.07) is 12.3. The fraction of sp³-hybridized carbons (Fsp3) is 0.400. The van der Waals surface area contributed by atoms with Crippen LogP contribution in [0.4, 0.5) is 11.5 Å². The lowest BCUT2D eigenvalue weighted by molar-refractivity contribution is 0.687. The largest absolute Gasteiger partial charge is 0.370 e. The lowest BCUT2D eigenvalue weighted by Gasteiger charge is -2.19. The van der Waals surface area contributed by atoms with Crippen molar-refractivity contribution in [3.63, 3.8) is 0 Å². The average Bonchev–Trinajstić information content (AvgIpc) is 2.66. The van der Waals surface area contributed by atoms with Crippen molar-refractivity contribution in [3.8, 4) is 0 Å². The highest BCUT2D eigenvalue weighted by Crippen LogP contribution is 2.27. The summed E-state index contributed by atoms with van der Waals surface area (Å²) in [5.74, 6) is 1.43. The van der Waals surface area contributed by atoms with E-state index >= 15 is 0 Å². The molecule has 3 rings (SSSR count). The quantitative estimate of drug-likeness (QED) is 0.410. The molecule has 0 atom stereocenters. The summed E-state index contributed by atoms with van der Waals surface area (Å²) in [4.78, 5) is 8.69. The number of hydrogen-bond acceptors (Lipinski definition) is 3. The van der Waals surface area contributed by atoms with Crippen LogP contribution in [0, 0.1) is 0 Å². The number of anilines is 2. The van der Waals surface area contributed by atoms with Gasteiger partial charge >= 0.3 is 0 Å². The second kappa shape index (κ2) is 9.06. The Labute approximate surface area is 149 Å². The van der Waals surface area contributed by atoms with Crippen LogP contribution in [0.15, 0.2) is 47.6 Å². The van der Waals surface area contributed by atoms with Crippen molar-refractivity contribution < 1.29 is 0 Å². The molecule has 0 saturated carbocycles. The molecule has 0 aliphatic heterocycles. The predicted octanol–water partition coefficient (Wildman–Crippen LogP) is 3.58. The smallest absolute Gasteiger partial charge is 0.193 e. The molecule has 4 N–H and O–H groups in total. The molecule has 0 spiro atoms. The van der Waals surface area contributed by atoms with Crippen LogP contribution in [0.3, 0.4) is 0 Å². The minimum Gasteiger partial charge on any atom is -0.370 e. The van der Waals surface area contributed by atoms with Gasteiger partial charge in [0.25, 0.3) is 0 Å². The van der Waals surface area contributed by atoms with Crippen LogP contribution in [0.2, 0.25) is 0 Å². The Bertz CT molecular complexity index is 696. The molecule has 5 heteroatoms. The average molecular weight is 337 g/mol. The highest BCUT2D eigenvalue weighted by Gasteiger charge is 2.12. The topological polar surface area (TPSA) is 75.3 Å². The molecule has 0 amide bonds. The van der Waals surface area contributed by atoms with E-state index in [2.05, 4.69) is 38.8 Å². The third kappa shape index (κ3) is 5.21. The van der Waals surface area contributed by atoms with Crippen molar-refractivity contribution in [3.05, 3.63) is 53.7 Å². The highest BCUT2D eigenvalue weighted by atomic mass is 15.1. The van der Waals surface area contributed by atoms with E-state index in [0.29, 0.717) is 5.96 Å². The van der Waals surface area contributed by atoms with Crippen molar-refractivity contribution in [1.82, 2.24) is 4.98 Å². The second-order valence-corrected chi connectivity index (χ2v) is 6.39. The molecule has 0 bridgehead atoms. The Hall–Kier alpha value is -2.56. The number of aliphatic imine (C=N–C) groups is 1. The molecule has 1 aliphatic rings. The summed E-state index contributed by atoms with van der Waals surface area (Å²) in [6.07, 6.45) is 8.67. The van der Waals surface area contributed by atoms with E-state index in [1.807, 2.05) is 18.2 Å². The number of guanidine groups is 1. The van der Waals surface area contributed by atoms with E-state index in [9.17, 15) is 0 Å². The molecular formula is C20H27N5. The molecule has 132 valence electrons. The van der Waals surface area contributed by atoms with Crippen LogP contribution in [-0.2, 0) is 12.8 Å². The fourth-order valence-electron chi connectivity index (χ4n) is 3.20. The maximum absolute atomic E-state index is 6.06. The molecular weight excluding hydrogens is 310 g/mol. The van der Waals surface area contributed by atoms with Gasteiger partial charge in [-0.05, 0) is 67.9 Å². The molecule has 1 heterocycles. The van der Waals surface area contributed by atoms with Crippen LogP contribution in [0.5, 0.6) is 0 Å². The molecule has 0 saturated heterocycles. The number of nitrogens with one attached hydrogen (secondary N) is 2. The number of pyridine rings is 1. The summed E-state index contributed by atoms with van der Waals surface area (Å²) < 4.78 is 0. The zero-order chi connectivity index (χ0) is 17.3. The Morgan fingerprint density at radius 2 is 2.00 bits per heavy atom. The molecule has 0 unspecified atom stereocenters. The van der Waals surface area contributed by atoms with Gasteiger partial charge < -0.3 is 16.4 Å². The normalized spacial score (nSPS) is 14.0. The van der Waals surface area contributed by atoms with Gasteiger partial charge in [0.15, 0.2) is 5.96 Å². The number of nitrogens with two attached hydrogens (primary N) is 1. The molecule has 1 aliphatic carbocycles. The first-order chi connectivity index (χ1) is 12.3. The highest BCUT2D eigenvalue weighted by molar-refractivity contribution is 5.93. The number of aryl methyl sites for hydroxylation is 1. The van der Waals surface area contributed by atoms with E-state index in [1.165, 1.54) is 30.4 Å². The van der Waals surface area contributed by atoms with Gasteiger partial charge in [0.2, 0.25) is 0 Å². The summed E-state index contributed by atoms with van der Waals surface area (Å²) in [5.41, 5.74) is 10.0. The maximum atomic E-state index is 6.06. The van der Waals surface area contributed by atoms with Gasteiger partial charge in [-0.2, -0.15) is 0 Å². The molecule has 1 aromatic heterocycles. The van der Waals surface area contributed by atoms with Crippen LogP contribution < -0.4 is 16.4 Å². The number of fused-ring (bicyclic) bond motifs is 1. The van der Waals surface area contributed by atoms with Crippen molar-refractivity contribution in [2.24, 2.45) is 10.7 Å². The minimum atomic E-state index is 0.511. The van der Waals surface area contributed by atoms with Gasteiger partial charge in [-0.1, -0.05) is 18.2 Å². The number of benzene rings is 1. The Balaban J connectivity index is 1.40. The van der Waals surface area contributed by atoms with E-state index < -0.39 is 0 Å².